The van der Waals surface area contributed by atoms with Crippen molar-refractivity contribution in [2.45, 2.75) is 65.2 Å². The first-order valence-electron chi connectivity index (χ1n) is 9.42. The normalized spacial score (nSPS) is 20.5. The summed E-state index contributed by atoms with van der Waals surface area (Å²) in [6.45, 7) is 6.36. The molecule has 1 heterocycles. The summed E-state index contributed by atoms with van der Waals surface area (Å²) in [6.07, 6.45) is 6.72. The molecule has 0 bridgehead atoms. The van der Waals surface area contributed by atoms with Crippen LogP contribution in [0.4, 0.5) is 0 Å². The van der Waals surface area contributed by atoms with Crippen molar-refractivity contribution in [2.24, 2.45) is 11.8 Å². The highest BCUT2D eigenvalue weighted by molar-refractivity contribution is 5.77. The quantitative estimate of drug-likeness (QED) is 0.608. The van der Waals surface area contributed by atoms with E-state index < -0.39 is 0 Å². The lowest BCUT2D eigenvalue weighted by Gasteiger charge is -2.38. The number of hydrogen-bond donors (Lipinski definition) is 0. The van der Waals surface area contributed by atoms with Crippen LogP contribution in [-0.2, 0) is 9.59 Å². The summed E-state index contributed by atoms with van der Waals surface area (Å²) in [7, 11) is 1.77. The zero-order valence-electron chi connectivity index (χ0n) is 15.6. The zero-order chi connectivity index (χ0) is 17.9. The highest BCUT2D eigenvalue weighted by Crippen LogP contribution is 2.30. The van der Waals surface area contributed by atoms with Crippen LogP contribution in [0.2, 0.25) is 0 Å². The van der Waals surface area contributed by atoms with E-state index in [1.165, 1.54) is 0 Å². The number of nitriles is 1. The van der Waals surface area contributed by atoms with Crippen LogP contribution < -0.4 is 0 Å². The topological polar surface area (TPSA) is 64.4 Å². The number of hydrogen-bond acceptors (Lipinski definition) is 3. The number of carbonyl (C=O) groups excluding carboxylic acids is 2. The minimum absolute atomic E-state index is 0.122. The summed E-state index contributed by atoms with van der Waals surface area (Å²) < 4.78 is 0. The summed E-state index contributed by atoms with van der Waals surface area (Å²) in [5.41, 5.74) is 0. The monoisotopic (exact) mass is 335 g/mol. The number of likely N-dealkylation sites (tertiary alicyclic amines) is 1. The van der Waals surface area contributed by atoms with Crippen LogP contribution in [0.1, 0.15) is 65.2 Å². The van der Waals surface area contributed by atoms with Crippen molar-refractivity contribution in [3.05, 3.63) is 0 Å². The number of nitrogens with zero attached hydrogens (tertiary/aromatic N) is 3. The Hall–Kier alpha value is -1.57. The molecule has 0 radical (unpaired) electrons. The number of unbranched alkanes of at least 4 members (excludes halogenated alkanes) is 2. The first-order chi connectivity index (χ1) is 11.5. The predicted octanol–water partition coefficient (Wildman–Crippen LogP) is 3.20. The highest BCUT2D eigenvalue weighted by Gasteiger charge is 2.31. The predicted molar refractivity (Wildman–Crippen MR) is 95.1 cm³/mol. The van der Waals surface area contributed by atoms with E-state index in [0.717, 1.165) is 45.2 Å². The fraction of sp³-hybridized carbons (Fsp3) is 0.842. The van der Waals surface area contributed by atoms with Gasteiger partial charge in [0.15, 0.2) is 0 Å². The molecule has 0 aromatic rings. The van der Waals surface area contributed by atoms with Gasteiger partial charge < -0.3 is 9.80 Å². The van der Waals surface area contributed by atoms with E-state index in [-0.39, 0.29) is 11.8 Å². The summed E-state index contributed by atoms with van der Waals surface area (Å²) in [4.78, 5) is 28.3. The van der Waals surface area contributed by atoms with Gasteiger partial charge in [-0.05, 0) is 24.7 Å². The second-order valence-electron chi connectivity index (χ2n) is 6.94. The molecule has 2 amide bonds. The zero-order valence-corrected chi connectivity index (χ0v) is 15.6. The molecule has 5 nitrogen and oxygen atoms in total. The van der Waals surface area contributed by atoms with Crippen molar-refractivity contribution in [3.63, 3.8) is 0 Å². The third-order valence-electron chi connectivity index (χ3n) is 5.18. The Balaban J connectivity index is 2.48. The van der Waals surface area contributed by atoms with E-state index in [1.807, 2.05) is 4.90 Å². The number of rotatable bonds is 9. The largest absolute Gasteiger partial charge is 0.345 e. The lowest BCUT2D eigenvalue weighted by Crippen LogP contribution is -2.45. The minimum atomic E-state index is 0.122. The lowest BCUT2D eigenvalue weighted by molar-refractivity contribution is -0.135. The van der Waals surface area contributed by atoms with Crippen molar-refractivity contribution in [2.75, 3.05) is 26.7 Å². The van der Waals surface area contributed by atoms with Crippen LogP contribution in [0.3, 0.4) is 0 Å². The fourth-order valence-electron chi connectivity index (χ4n) is 3.45. The second kappa shape index (κ2) is 11.1. The van der Waals surface area contributed by atoms with Gasteiger partial charge in [-0.15, -0.1) is 0 Å². The Bertz CT molecular complexity index is 444. The molecule has 1 aliphatic rings. The molecule has 0 aliphatic carbocycles. The molecule has 24 heavy (non-hydrogen) atoms. The van der Waals surface area contributed by atoms with Crippen LogP contribution in [0, 0.1) is 23.2 Å². The van der Waals surface area contributed by atoms with Crippen LogP contribution in [-0.4, -0.2) is 48.3 Å². The van der Waals surface area contributed by atoms with E-state index in [2.05, 4.69) is 19.9 Å². The maximum Gasteiger partial charge on any atom is 0.222 e. The maximum absolute atomic E-state index is 12.3. The van der Waals surface area contributed by atoms with Gasteiger partial charge in [0.25, 0.3) is 0 Å². The molecular formula is C19H33N3O2. The van der Waals surface area contributed by atoms with Gasteiger partial charge in [-0.1, -0.05) is 33.1 Å². The Kier molecular flexibility index (Phi) is 9.44. The molecule has 1 saturated heterocycles. The van der Waals surface area contributed by atoms with Gasteiger partial charge in [-0.2, -0.15) is 5.26 Å². The summed E-state index contributed by atoms with van der Waals surface area (Å²) in [5.74, 6) is 1.16. The Labute approximate surface area is 147 Å². The second-order valence-corrected chi connectivity index (χ2v) is 6.94. The smallest absolute Gasteiger partial charge is 0.222 e. The van der Waals surface area contributed by atoms with E-state index >= 15 is 0 Å². The van der Waals surface area contributed by atoms with E-state index in [9.17, 15) is 9.59 Å². The number of carbonyl (C=O) groups is 2. The van der Waals surface area contributed by atoms with Crippen LogP contribution >= 0.6 is 0 Å². The van der Waals surface area contributed by atoms with Gasteiger partial charge in [0.1, 0.15) is 0 Å². The molecule has 5 heteroatoms. The molecule has 0 aromatic heterocycles. The first-order valence-corrected chi connectivity index (χ1v) is 9.42. The Morgan fingerprint density at radius 3 is 2.62 bits per heavy atom. The minimum Gasteiger partial charge on any atom is -0.345 e. The van der Waals surface area contributed by atoms with Crippen molar-refractivity contribution >= 4 is 11.8 Å². The Morgan fingerprint density at radius 1 is 1.25 bits per heavy atom. The number of piperidine rings is 1. The molecule has 2 atom stereocenters. The first kappa shape index (κ1) is 20.5. The highest BCUT2D eigenvalue weighted by atomic mass is 16.2. The van der Waals surface area contributed by atoms with Gasteiger partial charge in [0, 0.05) is 39.5 Å². The lowest BCUT2D eigenvalue weighted by atomic mass is 9.81. The summed E-state index contributed by atoms with van der Waals surface area (Å²) in [6, 6.07) is 2.08. The molecule has 0 unspecified atom stereocenters. The van der Waals surface area contributed by atoms with Crippen molar-refractivity contribution in [1.29, 1.82) is 5.26 Å². The SMILES string of the molecule is CCCCCC(=O)N1CC[C@@H](CC(=O)N(C)CCC#N)[C@@H](CC)C1. The average molecular weight is 335 g/mol. The van der Waals surface area contributed by atoms with E-state index in [0.29, 0.717) is 37.6 Å². The van der Waals surface area contributed by atoms with Crippen molar-refractivity contribution in [1.82, 2.24) is 9.80 Å². The maximum atomic E-state index is 12.3. The van der Waals surface area contributed by atoms with Gasteiger partial charge in [0.05, 0.1) is 12.5 Å². The standard InChI is InChI=1S/C19H33N3O2/c1-4-6-7-9-18(23)22-13-10-17(16(5-2)15-22)14-19(24)21(3)12-8-11-20/h16-17H,4-10,12-15H2,1-3H3/t16-,17-/m0/s1. The summed E-state index contributed by atoms with van der Waals surface area (Å²) in [5, 5.41) is 8.63. The fourth-order valence-corrected chi connectivity index (χ4v) is 3.45. The van der Waals surface area contributed by atoms with Gasteiger partial charge >= 0.3 is 0 Å². The van der Waals surface area contributed by atoms with Crippen LogP contribution in [0.5, 0.6) is 0 Å². The van der Waals surface area contributed by atoms with Crippen molar-refractivity contribution in [3.8, 4) is 6.07 Å². The molecule has 0 spiro atoms. The van der Waals surface area contributed by atoms with E-state index in [1.54, 1.807) is 11.9 Å². The van der Waals surface area contributed by atoms with Gasteiger partial charge in [-0.3, -0.25) is 9.59 Å². The van der Waals surface area contributed by atoms with E-state index in [4.69, 9.17) is 5.26 Å². The summed E-state index contributed by atoms with van der Waals surface area (Å²) >= 11 is 0. The molecule has 0 N–H and O–H groups in total. The van der Waals surface area contributed by atoms with Crippen molar-refractivity contribution < 1.29 is 9.59 Å². The molecule has 0 aromatic carbocycles. The van der Waals surface area contributed by atoms with Crippen LogP contribution in [0.25, 0.3) is 0 Å². The van der Waals surface area contributed by atoms with Gasteiger partial charge in [-0.25, -0.2) is 0 Å². The third kappa shape index (κ3) is 6.51. The molecule has 136 valence electrons. The number of amides is 2. The molecular weight excluding hydrogens is 302 g/mol. The molecule has 1 fully saturated rings. The Morgan fingerprint density at radius 2 is 2.00 bits per heavy atom. The van der Waals surface area contributed by atoms with Gasteiger partial charge in [0.2, 0.25) is 11.8 Å². The average Bonchev–Trinajstić information content (AvgIpc) is 2.59. The van der Waals surface area contributed by atoms with Crippen LogP contribution in [0.15, 0.2) is 0 Å². The third-order valence-corrected chi connectivity index (χ3v) is 5.18. The molecule has 1 rings (SSSR count). The molecule has 1 aliphatic heterocycles. The molecule has 0 saturated carbocycles.